The highest BCUT2D eigenvalue weighted by molar-refractivity contribution is 9.10. The van der Waals surface area contributed by atoms with Crippen LogP contribution >= 0.6 is 15.9 Å². The highest BCUT2D eigenvalue weighted by atomic mass is 79.9. The Hall–Kier alpha value is -2.16. The van der Waals surface area contributed by atoms with Crippen LogP contribution in [0.4, 0.5) is 11.5 Å². The molecule has 26 heavy (non-hydrogen) atoms. The molecular formula is C18H20BrN5O2. The maximum atomic E-state index is 10.0. The standard InChI is InChI=1S/C18H20BrN5O2/c19-11-2-1-3-12(8-11)23-18-17-16(6-7-24(17)22-10-21-18)26-13-4-5-14(20)15(25)9-13/h1-3,6-8,10,13-15,25H,4-5,9,20H2,(H,21,22,23)/t13-,14+,15+/m0/s1. The lowest BCUT2D eigenvalue weighted by molar-refractivity contribution is 0.0399. The van der Waals surface area contributed by atoms with E-state index in [1.54, 1.807) is 4.52 Å². The van der Waals surface area contributed by atoms with Gasteiger partial charge in [0.25, 0.3) is 0 Å². The van der Waals surface area contributed by atoms with Crippen molar-refractivity contribution in [3.63, 3.8) is 0 Å². The fourth-order valence-electron chi connectivity index (χ4n) is 3.24. The van der Waals surface area contributed by atoms with Gasteiger partial charge in [0.2, 0.25) is 0 Å². The number of nitrogens with zero attached hydrogens (tertiary/aromatic N) is 3. The van der Waals surface area contributed by atoms with Gasteiger partial charge < -0.3 is 20.9 Å². The third-order valence-corrected chi connectivity index (χ3v) is 5.11. The Kier molecular flexibility index (Phi) is 4.80. The molecule has 1 aliphatic carbocycles. The second kappa shape index (κ2) is 7.22. The van der Waals surface area contributed by atoms with Gasteiger partial charge in [-0.05, 0) is 31.0 Å². The molecule has 4 rings (SSSR count). The Balaban J connectivity index is 1.62. The predicted octanol–water partition coefficient (Wildman–Crippen LogP) is 2.85. The van der Waals surface area contributed by atoms with E-state index in [0.717, 1.165) is 28.5 Å². The van der Waals surface area contributed by atoms with E-state index in [2.05, 4.69) is 31.3 Å². The summed E-state index contributed by atoms with van der Waals surface area (Å²) in [5, 5.41) is 17.6. The monoisotopic (exact) mass is 417 g/mol. The second-order valence-electron chi connectivity index (χ2n) is 6.50. The third kappa shape index (κ3) is 3.53. The molecule has 4 N–H and O–H groups in total. The number of aliphatic hydroxyl groups is 1. The van der Waals surface area contributed by atoms with Gasteiger partial charge in [0.05, 0.1) is 6.10 Å². The zero-order valence-corrected chi connectivity index (χ0v) is 15.6. The van der Waals surface area contributed by atoms with Crippen LogP contribution in [0.1, 0.15) is 19.3 Å². The van der Waals surface area contributed by atoms with Crippen LogP contribution in [-0.2, 0) is 0 Å². The summed E-state index contributed by atoms with van der Waals surface area (Å²) < 4.78 is 8.87. The third-order valence-electron chi connectivity index (χ3n) is 4.62. The van der Waals surface area contributed by atoms with Gasteiger partial charge in [-0.3, -0.25) is 0 Å². The fourth-order valence-corrected chi connectivity index (χ4v) is 3.63. The molecular weight excluding hydrogens is 398 g/mol. The number of ether oxygens (including phenoxy) is 1. The van der Waals surface area contributed by atoms with E-state index < -0.39 is 6.10 Å². The molecule has 1 fully saturated rings. The minimum atomic E-state index is -0.529. The van der Waals surface area contributed by atoms with Gasteiger partial charge >= 0.3 is 0 Å². The summed E-state index contributed by atoms with van der Waals surface area (Å²) in [5.74, 6) is 1.35. The van der Waals surface area contributed by atoms with Crippen molar-refractivity contribution >= 4 is 33.0 Å². The van der Waals surface area contributed by atoms with Crippen LogP contribution in [0.15, 0.2) is 47.3 Å². The summed E-state index contributed by atoms with van der Waals surface area (Å²) in [6.45, 7) is 0. The number of aliphatic hydroxyl groups excluding tert-OH is 1. The van der Waals surface area contributed by atoms with Crippen LogP contribution in [-0.4, -0.2) is 38.0 Å². The molecule has 1 aliphatic rings. The molecule has 7 nitrogen and oxygen atoms in total. The van der Waals surface area contributed by atoms with Crippen LogP contribution in [0.2, 0.25) is 0 Å². The lowest BCUT2D eigenvalue weighted by Gasteiger charge is -2.30. The summed E-state index contributed by atoms with van der Waals surface area (Å²) in [4.78, 5) is 4.38. The normalized spacial score (nSPS) is 23.1. The number of halogens is 1. The average Bonchev–Trinajstić information content (AvgIpc) is 3.02. The zero-order chi connectivity index (χ0) is 18.1. The summed E-state index contributed by atoms with van der Waals surface area (Å²) in [5.41, 5.74) is 7.55. The topological polar surface area (TPSA) is 97.7 Å². The average molecular weight is 418 g/mol. The maximum Gasteiger partial charge on any atom is 0.162 e. The Morgan fingerprint density at radius 3 is 3.00 bits per heavy atom. The summed E-state index contributed by atoms with van der Waals surface area (Å²) >= 11 is 3.47. The molecule has 1 aromatic carbocycles. The summed E-state index contributed by atoms with van der Waals surface area (Å²) in [6, 6.07) is 9.56. The van der Waals surface area contributed by atoms with E-state index in [1.807, 2.05) is 36.5 Å². The molecule has 0 radical (unpaired) electrons. The van der Waals surface area contributed by atoms with E-state index in [0.29, 0.717) is 18.0 Å². The lowest BCUT2D eigenvalue weighted by atomic mass is 9.91. The van der Waals surface area contributed by atoms with Crippen molar-refractivity contribution in [1.82, 2.24) is 14.6 Å². The van der Waals surface area contributed by atoms with Crippen molar-refractivity contribution in [2.24, 2.45) is 5.73 Å². The van der Waals surface area contributed by atoms with Gasteiger partial charge in [-0.2, -0.15) is 5.10 Å². The van der Waals surface area contributed by atoms with Crippen LogP contribution in [0.5, 0.6) is 5.75 Å². The maximum absolute atomic E-state index is 10.0. The van der Waals surface area contributed by atoms with Crippen LogP contribution < -0.4 is 15.8 Å². The Morgan fingerprint density at radius 2 is 2.19 bits per heavy atom. The highest BCUT2D eigenvalue weighted by Gasteiger charge is 2.28. The van der Waals surface area contributed by atoms with Gasteiger partial charge in [0, 0.05) is 34.9 Å². The number of rotatable bonds is 4. The summed E-state index contributed by atoms with van der Waals surface area (Å²) in [7, 11) is 0. The summed E-state index contributed by atoms with van der Waals surface area (Å²) in [6.07, 6.45) is 4.83. The Labute approximate surface area is 159 Å². The molecule has 2 heterocycles. The number of nitrogens with two attached hydrogens (primary N) is 1. The first-order valence-electron chi connectivity index (χ1n) is 8.55. The van der Waals surface area contributed by atoms with Crippen molar-refractivity contribution in [2.45, 2.75) is 37.5 Å². The van der Waals surface area contributed by atoms with Gasteiger partial charge in [0.1, 0.15) is 17.9 Å². The number of benzene rings is 1. The number of aromatic nitrogens is 3. The Morgan fingerprint density at radius 1 is 1.31 bits per heavy atom. The lowest BCUT2D eigenvalue weighted by Crippen LogP contribution is -2.43. The van der Waals surface area contributed by atoms with E-state index in [9.17, 15) is 5.11 Å². The molecule has 2 aromatic heterocycles. The molecule has 1 saturated carbocycles. The van der Waals surface area contributed by atoms with E-state index in [1.165, 1.54) is 6.33 Å². The Bertz CT molecular complexity index is 915. The first kappa shape index (κ1) is 17.3. The molecule has 0 spiro atoms. The number of anilines is 2. The molecule has 3 atom stereocenters. The van der Waals surface area contributed by atoms with Crippen LogP contribution in [0, 0.1) is 0 Å². The van der Waals surface area contributed by atoms with E-state index in [-0.39, 0.29) is 12.1 Å². The SMILES string of the molecule is N[C@@H]1CC[C@H](Oc2ccn3ncnc(Nc4cccc(Br)c4)c23)C[C@H]1O. The number of hydrogen-bond donors (Lipinski definition) is 3. The first-order valence-corrected chi connectivity index (χ1v) is 9.34. The molecule has 3 aromatic rings. The van der Waals surface area contributed by atoms with Crippen molar-refractivity contribution < 1.29 is 9.84 Å². The van der Waals surface area contributed by atoms with Crippen LogP contribution in [0.3, 0.4) is 0 Å². The molecule has 0 bridgehead atoms. The number of nitrogens with one attached hydrogen (secondary N) is 1. The van der Waals surface area contributed by atoms with E-state index >= 15 is 0 Å². The molecule has 136 valence electrons. The highest BCUT2D eigenvalue weighted by Crippen LogP contribution is 2.32. The molecule has 0 aliphatic heterocycles. The molecule has 0 unspecified atom stereocenters. The minimum Gasteiger partial charge on any atom is -0.488 e. The van der Waals surface area contributed by atoms with Crippen molar-refractivity contribution in [2.75, 3.05) is 5.32 Å². The number of hydrogen-bond acceptors (Lipinski definition) is 6. The second-order valence-corrected chi connectivity index (χ2v) is 7.42. The van der Waals surface area contributed by atoms with Crippen molar-refractivity contribution in [1.29, 1.82) is 0 Å². The molecule has 0 amide bonds. The van der Waals surface area contributed by atoms with E-state index in [4.69, 9.17) is 10.5 Å². The van der Waals surface area contributed by atoms with Gasteiger partial charge in [-0.15, -0.1) is 0 Å². The van der Waals surface area contributed by atoms with Crippen molar-refractivity contribution in [3.05, 3.63) is 47.3 Å². The predicted molar refractivity (Wildman–Crippen MR) is 103 cm³/mol. The van der Waals surface area contributed by atoms with Gasteiger partial charge in [-0.1, -0.05) is 22.0 Å². The molecule has 8 heteroatoms. The van der Waals surface area contributed by atoms with Gasteiger partial charge in [0.15, 0.2) is 11.6 Å². The quantitative estimate of drug-likeness (QED) is 0.603. The largest absolute Gasteiger partial charge is 0.488 e. The fraction of sp³-hybridized carbons (Fsp3) is 0.333. The zero-order valence-electron chi connectivity index (χ0n) is 14.0. The minimum absolute atomic E-state index is 0.0741. The molecule has 0 saturated heterocycles. The van der Waals surface area contributed by atoms with Crippen molar-refractivity contribution in [3.8, 4) is 5.75 Å². The number of fused-ring (bicyclic) bond motifs is 1. The van der Waals surface area contributed by atoms with Gasteiger partial charge in [-0.25, -0.2) is 9.50 Å². The smallest absolute Gasteiger partial charge is 0.162 e. The first-order chi connectivity index (χ1) is 12.6. The van der Waals surface area contributed by atoms with Crippen LogP contribution in [0.25, 0.3) is 5.52 Å².